The van der Waals surface area contributed by atoms with E-state index in [2.05, 4.69) is 61.1 Å². The average molecular weight is 451 g/mol. The van der Waals surface area contributed by atoms with Gasteiger partial charge >= 0.3 is 0 Å². The molecule has 0 amide bonds. The molecule has 1 fully saturated rings. The molecule has 0 bridgehead atoms. The lowest BCUT2D eigenvalue weighted by Crippen LogP contribution is -2.22. The molecule has 0 radical (unpaired) electrons. The standard InChI is InChI=1S/C23H23FN6OS/c1-15-5-11-19(12-6-15)30-22(29-13-3-4-14-29)27-28-23(30)32-16(2)20-25-26-21(31-20)17-7-9-18(24)10-8-17/h5-12,16H,3-4,13-14H2,1-2H3/t16-/m0/s1. The van der Waals surface area contributed by atoms with Gasteiger partial charge in [0.25, 0.3) is 0 Å². The van der Waals surface area contributed by atoms with E-state index < -0.39 is 0 Å². The first-order valence-corrected chi connectivity index (χ1v) is 11.5. The van der Waals surface area contributed by atoms with E-state index in [9.17, 15) is 4.39 Å². The topological polar surface area (TPSA) is 72.9 Å². The summed E-state index contributed by atoms with van der Waals surface area (Å²) >= 11 is 1.52. The maximum atomic E-state index is 13.2. The number of halogens is 1. The van der Waals surface area contributed by atoms with Crippen molar-refractivity contribution >= 4 is 17.7 Å². The van der Waals surface area contributed by atoms with Gasteiger partial charge in [-0.3, -0.25) is 4.57 Å². The molecule has 164 valence electrons. The SMILES string of the molecule is Cc1ccc(-n2c(S[C@@H](C)c3nnc(-c4ccc(F)cc4)o3)nnc2N2CCCC2)cc1. The predicted octanol–water partition coefficient (Wildman–Crippen LogP) is 5.22. The zero-order chi connectivity index (χ0) is 22.1. The zero-order valence-corrected chi connectivity index (χ0v) is 18.7. The molecule has 7 nitrogen and oxygen atoms in total. The van der Waals surface area contributed by atoms with Crippen LogP contribution >= 0.6 is 11.8 Å². The van der Waals surface area contributed by atoms with E-state index in [1.165, 1.54) is 29.5 Å². The van der Waals surface area contributed by atoms with Crippen molar-refractivity contribution in [2.75, 3.05) is 18.0 Å². The molecule has 0 spiro atoms. The number of aryl methyl sites for hydroxylation is 1. The largest absolute Gasteiger partial charge is 0.419 e. The summed E-state index contributed by atoms with van der Waals surface area (Å²) in [4.78, 5) is 2.28. The number of hydrogen-bond donors (Lipinski definition) is 0. The monoisotopic (exact) mass is 450 g/mol. The second kappa shape index (κ2) is 8.74. The van der Waals surface area contributed by atoms with Crippen molar-refractivity contribution in [3.63, 3.8) is 0 Å². The highest BCUT2D eigenvalue weighted by Gasteiger charge is 2.25. The molecule has 1 atom stereocenters. The van der Waals surface area contributed by atoms with Gasteiger partial charge in [-0.25, -0.2) is 4.39 Å². The highest BCUT2D eigenvalue weighted by Crippen LogP contribution is 2.37. The van der Waals surface area contributed by atoms with Crippen LogP contribution in [0.2, 0.25) is 0 Å². The maximum Gasteiger partial charge on any atom is 0.247 e. The van der Waals surface area contributed by atoms with Crippen molar-refractivity contribution in [1.29, 1.82) is 0 Å². The minimum atomic E-state index is -0.304. The highest BCUT2D eigenvalue weighted by atomic mass is 32.2. The van der Waals surface area contributed by atoms with Crippen LogP contribution < -0.4 is 4.90 Å². The van der Waals surface area contributed by atoms with Crippen LogP contribution in [0.5, 0.6) is 0 Å². The molecule has 0 N–H and O–H groups in total. The number of anilines is 1. The molecule has 1 aliphatic rings. The summed E-state index contributed by atoms with van der Waals surface area (Å²) in [6, 6.07) is 14.4. The first-order chi connectivity index (χ1) is 15.6. The molecule has 0 unspecified atom stereocenters. The molecule has 1 aliphatic heterocycles. The number of thioether (sulfide) groups is 1. The summed E-state index contributed by atoms with van der Waals surface area (Å²) in [6.45, 7) is 6.03. The van der Waals surface area contributed by atoms with Gasteiger partial charge in [-0.2, -0.15) is 0 Å². The van der Waals surface area contributed by atoms with Gasteiger partial charge in [0.05, 0.1) is 10.9 Å². The molecule has 5 rings (SSSR count). The molecule has 2 aromatic carbocycles. The molecule has 1 saturated heterocycles. The summed E-state index contributed by atoms with van der Waals surface area (Å²) in [5, 5.41) is 18.0. The Bertz CT molecular complexity index is 1200. The second-order valence-electron chi connectivity index (χ2n) is 7.86. The van der Waals surface area contributed by atoms with Crippen LogP contribution in [0, 0.1) is 12.7 Å². The normalized spacial score (nSPS) is 14.8. The van der Waals surface area contributed by atoms with Gasteiger partial charge in [-0.05, 0) is 63.1 Å². The number of nitrogens with zero attached hydrogens (tertiary/aromatic N) is 6. The van der Waals surface area contributed by atoms with E-state index in [4.69, 9.17) is 4.42 Å². The lowest BCUT2D eigenvalue weighted by Gasteiger charge is -2.19. The van der Waals surface area contributed by atoms with Crippen LogP contribution in [-0.2, 0) is 0 Å². The Morgan fingerprint density at radius 1 is 0.938 bits per heavy atom. The van der Waals surface area contributed by atoms with Gasteiger partial charge in [0, 0.05) is 18.7 Å². The summed E-state index contributed by atoms with van der Waals surface area (Å²) in [7, 11) is 0. The van der Waals surface area contributed by atoms with Gasteiger partial charge in [0.15, 0.2) is 5.16 Å². The molecule has 32 heavy (non-hydrogen) atoms. The van der Waals surface area contributed by atoms with Gasteiger partial charge in [0.1, 0.15) is 5.82 Å². The lowest BCUT2D eigenvalue weighted by molar-refractivity contribution is 0.508. The number of hydrogen-bond acceptors (Lipinski definition) is 7. The quantitative estimate of drug-likeness (QED) is 0.373. The first kappa shape index (κ1) is 20.7. The Morgan fingerprint density at radius 3 is 2.38 bits per heavy atom. The minimum Gasteiger partial charge on any atom is -0.419 e. The van der Waals surface area contributed by atoms with Crippen LogP contribution in [0.1, 0.15) is 36.5 Å². The van der Waals surface area contributed by atoms with Crippen LogP contribution in [-0.4, -0.2) is 38.1 Å². The van der Waals surface area contributed by atoms with Crippen molar-refractivity contribution < 1.29 is 8.81 Å². The summed E-state index contributed by atoms with van der Waals surface area (Å²) in [6.07, 6.45) is 2.32. The van der Waals surface area contributed by atoms with Crippen molar-refractivity contribution in [1.82, 2.24) is 25.0 Å². The third kappa shape index (κ3) is 4.12. The fourth-order valence-corrected chi connectivity index (χ4v) is 4.59. The Hall–Kier alpha value is -3.20. The summed E-state index contributed by atoms with van der Waals surface area (Å²) in [5.41, 5.74) is 2.91. The molecule has 3 heterocycles. The van der Waals surface area contributed by atoms with E-state index in [-0.39, 0.29) is 11.1 Å². The fourth-order valence-electron chi connectivity index (χ4n) is 3.70. The van der Waals surface area contributed by atoms with E-state index >= 15 is 0 Å². The first-order valence-electron chi connectivity index (χ1n) is 10.6. The maximum absolute atomic E-state index is 13.2. The third-order valence-electron chi connectivity index (χ3n) is 5.46. The van der Waals surface area contributed by atoms with E-state index in [0.29, 0.717) is 17.3 Å². The Morgan fingerprint density at radius 2 is 1.66 bits per heavy atom. The average Bonchev–Trinajstić information content (AvgIpc) is 3.56. The van der Waals surface area contributed by atoms with Crippen LogP contribution in [0.3, 0.4) is 0 Å². The summed E-state index contributed by atoms with van der Waals surface area (Å²) < 4.78 is 21.2. The van der Waals surface area contributed by atoms with Crippen molar-refractivity contribution in [2.45, 2.75) is 37.1 Å². The highest BCUT2D eigenvalue weighted by molar-refractivity contribution is 7.99. The molecular weight excluding hydrogens is 427 g/mol. The van der Waals surface area contributed by atoms with Gasteiger partial charge in [-0.1, -0.05) is 29.5 Å². The predicted molar refractivity (Wildman–Crippen MR) is 122 cm³/mol. The Balaban J connectivity index is 1.43. The molecule has 0 saturated carbocycles. The minimum absolute atomic E-state index is 0.142. The number of aromatic nitrogens is 5. The lowest BCUT2D eigenvalue weighted by atomic mass is 10.2. The van der Waals surface area contributed by atoms with Crippen LogP contribution in [0.4, 0.5) is 10.3 Å². The Kier molecular flexibility index (Phi) is 5.65. The van der Waals surface area contributed by atoms with E-state index in [1.54, 1.807) is 12.1 Å². The Labute approximate surface area is 189 Å². The van der Waals surface area contributed by atoms with Crippen molar-refractivity contribution in [2.24, 2.45) is 0 Å². The molecule has 4 aromatic rings. The van der Waals surface area contributed by atoms with Crippen LogP contribution in [0.15, 0.2) is 58.1 Å². The smallest absolute Gasteiger partial charge is 0.247 e. The van der Waals surface area contributed by atoms with Crippen molar-refractivity contribution in [3.05, 3.63) is 65.8 Å². The van der Waals surface area contributed by atoms with Gasteiger partial charge < -0.3 is 9.32 Å². The van der Waals surface area contributed by atoms with E-state index in [0.717, 1.165) is 42.7 Å². The van der Waals surface area contributed by atoms with Crippen LogP contribution in [0.25, 0.3) is 17.1 Å². The molecule has 9 heteroatoms. The van der Waals surface area contributed by atoms with E-state index in [1.807, 2.05) is 6.92 Å². The zero-order valence-electron chi connectivity index (χ0n) is 17.9. The molecular formula is C23H23FN6OS. The van der Waals surface area contributed by atoms with Crippen molar-refractivity contribution in [3.8, 4) is 17.1 Å². The van der Waals surface area contributed by atoms with Gasteiger partial charge in [0.2, 0.25) is 17.7 Å². The fraction of sp³-hybridized carbons (Fsp3) is 0.304. The second-order valence-corrected chi connectivity index (χ2v) is 9.17. The number of benzene rings is 2. The molecule has 0 aliphatic carbocycles. The number of rotatable bonds is 6. The molecule has 2 aromatic heterocycles. The van der Waals surface area contributed by atoms with Gasteiger partial charge in [-0.15, -0.1) is 20.4 Å². The third-order valence-corrected chi connectivity index (χ3v) is 6.49. The summed E-state index contributed by atoms with van der Waals surface area (Å²) in [5.74, 6) is 1.40.